The third-order valence-electron chi connectivity index (χ3n) is 3.95. The summed E-state index contributed by atoms with van der Waals surface area (Å²) in [5.74, 6) is 0. The number of carbonyl (C=O) groups is 1. The fraction of sp³-hybridized carbons (Fsp3) is 0.588. The zero-order valence-electron chi connectivity index (χ0n) is 15.3. The number of benzene rings is 1. The predicted octanol–water partition coefficient (Wildman–Crippen LogP) is 3.38. The Morgan fingerprint density at radius 3 is 2.22 bits per heavy atom. The molecule has 1 amide bonds. The first-order valence-electron chi connectivity index (χ1n) is 8.46. The van der Waals surface area contributed by atoms with Crippen molar-refractivity contribution < 1.29 is 31.1 Å². The number of alkyl halides is 3. The number of sulfonamides is 1. The number of rotatable bonds is 3. The molecule has 10 heteroatoms. The quantitative estimate of drug-likeness (QED) is 0.832. The number of carbonyl (C=O) groups excluding carboxylic acids is 1. The van der Waals surface area contributed by atoms with E-state index in [1.807, 2.05) is 0 Å². The lowest BCUT2D eigenvalue weighted by Gasteiger charge is -2.33. The second-order valence-corrected chi connectivity index (χ2v) is 9.04. The molecule has 1 heterocycles. The molecule has 1 saturated heterocycles. The molecule has 1 N–H and O–H groups in total. The van der Waals surface area contributed by atoms with Crippen molar-refractivity contribution in [2.75, 3.05) is 13.1 Å². The molecule has 0 bridgehead atoms. The van der Waals surface area contributed by atoms with Gasteiger partial charge in [-0.05, 0) is 45.7 Å². The van der Waals surface area contributed by atoms with E-state index in [0.29, 0.717) is 0 Å². The maximum atomic E-state index is 13.1. The van der Waals surface area contributed by atoms with Crippen LogP contribution in [0.2, 0.25) is 0 Å². The van der Waals surface area contributed by atoms with Gasteiger partial charge in [0, 0.05) is 19.1 Å². The summed E-state index contributed by atoms with van der Waals surface area (Å²) in [7, 11) is -4.34. The third-order valence-corrected chi connectivity index (χ3v) is 5.53. The van der Waals surface area contributed by atoms with Crippen molar-refractivity contribution in [3.63, 3.8) is 0 Å². The summed E-state index contributed by atoms with van der Waals surface area (Å²) in [5, 5.41) is 0. The maximum absolute atomic E-state index is 13.1. The van der Waals surface area contributed by atoms with Crippen molar-refractivity contribution >= 4 is 16.1 Å². The molecule has 0 radical (unpaired) electrons. The Bertz CT molecular complexity index is 780. The summed E-state index contributed by atoms with van der Waals surface area (Å²) >= 11 is 0. The molecule has 0 spiro atoms. The molecule has 2 rings (SSSR count). The average molecular weight is 408 g/mol. The van der Waals surface area contributed by atoms with Gasteiger partial charge in [0.25, 0.3) is 0 Å². The van der Waals surface area contributed by atoms with Gasteiger partial charge in [-0.25, -0.2) is 17.9 Å². The Hall–Kier alpha value is -1.81. The number of amides is 1. The van der Waals surface area contributed by atoms with Gasteiger partial charge < -0.3 is 9.64 Å². The molecule has 0 unspecified atom stereocenters. The Kier molecular flexibility index (Phi) is 6.10. The van der Waals surface area contributed by atoms with Crippen molar-refractivity contribution in [3.8, 4) is 0 Å². The molecule has 6 nitrogen and oxygen atoms in total. The minimum Gasteiger partial charge on any atom is -0.444 e. The number of nitrogens with one attached hydrogen (secondary N) is 1. The first-order valence-corrected chi connectivity index (χ1v) is 9.94. The number of likely N-dealkylation sites (tertiary alicyclic amines) is 1. The molecule has 1 aliphatic heterocycles. The van der Waals surface area contributed by atoms with Gasteiger partial charge in [0.2, 0.25) is 10.0 Å². The Balaban J connectivity index is 2.04. The Labute approximate surface area is 156 Å². The molecule has 0 aliphatic carbocycles. The molecule has 0 aromatic heterocycles. The zero-order valence-corrected chi connectivity index (χ0v) is 16.2. The van der Waals surface area contributed by atoms with Crippen molar-refractivity contribution in [2.24, 2.45) is 0 Å². The van der Waals surface area contributed by atoms with Gasteiger partial charge in [0.15, 0.2) is 0 Å². The van der Waals surface area contributed by atoms with Crippen LogP contribution < -0.4 is 4.72 Å². The number of hydrogen-bond acceptors (Lipinski definition) is 4. The van der Waals surface area contributed by atoms with Gasteiger partial charge in [-0.3, -0.25) is 0 Å². The second kappa shape index (κ2) is 7.67. The standard InChI is InChI=1S/C17H23F3N2O4S/c1-16(2,3)26-15(23)22-10-8-12(9-11-22)21-27(24,25)14-7-5-4-6-13(14)17(18,19)20/h4-7,12,21H,8-11H2,1-3H3. The highest BCUT2D eigenvalue weighted by Gasteiger charge is 2.38. The van der Waals surface area contributed by atoms with Crippen LogP contribution in [0.4, 0.5) is 18.0 Å². The van der Waals surface area contributed by atoms with E-state index in [2.05, 4.69) is 4.72 Å². The number of piperidine rings is 1. The van der Waals surface area contributed by atoms with Gasteiger partial charge in [0.1, 0.15) is 5.60 Å². The van der Waals surface area contributed by atoms with Crippen LogP contribution in [0.25, 0.3) is 0 Å². The van der Waals surface area contributed by atoms with Crippen LogP contribution in [0, 0.1) is 0 Å². The van der Waals surface area contributed by atoms with E-state index in [1.54, 1.807) is 20.8 Å². The van der Waals surface area contributed by atoms with Gasteiger partial charge in [-0.1, -0.05) is 12.1 Å². The molecule has 1 aromatic rings. The molecule has 152 valence electrons. The van der Waals surface area contributed by atoms with Crippen molar-refractivity contribution in [2.45, 2.75) is 56.3 Å². The number of nitrogens with zero attached hydrogens (tertiary/aromatic N) is 1. The monoisotopic (exact) mass is 408 g/mol. The van der Waals surface area contributed by atoms with E-state index >= 15 is 0 Å². The highest BCUT2D eigenvalue weighted by molar-refractivity contribution is 7.89. The lowest BCUT2D eigenvalue weighted by Crippen LogP contribution is -2.47. The molecule has 0 atom stereocenters. The minimum absolute atomic E-state index is 0.253. The second-order valence-electron chi connectivity index (χ2n) is 7.36. The Morgan fingerprint density at radius 2 is 1.70 bits per heavy atom. The summed E-state index contributed by atoms with van der Waals surface area (Å²) < 4.78 is 71.7. The highest BCUT2D eigenvalue weighted by Crippen LogP contribution is 2.34. The van der Waals surface area contributed by atoms with Gasteiger partial charge in [-0.15, -0.1) is 0 Å². The Morgan fingerprint density at radius 1 is 1.15 bits per heavy atom. The van der Waals surface area contributed by atoms with Crippen LogP contribution in [-0.2, 0) is 20.9 Å². The van der Waals surface area contributed by atoms with Crippen molar-refractivity contribution in [1.82, 2.24) is 9.62 Å². The summed E-state index contributed by atoms with van der Waals surface area (Å²) in [4.78, 5) is 12.7. The van der Waals surface area contributed by atoms with E-state index in [9.17, 15) is 26.4 Å². The van der Waals surface area contributed by atoms with Crippen LogP contribution in [0.15, 0.2) is 29.2 Å². The highest BCUT2D eigenvalue weighted by atomic mass is 32.2. The van der Waals surface area contributed by atoms with Gasteiger partial charge in [-0.2, -0.15) is 13.2 Å². The van der Waals surface area contributed by atoms with Crippen LogP contribution in [0.3, 0.4) is 0 Å². The SMILES string of the molecule is CC(C)(C)OC(=O)N1CCC(NS(=O)(=O)c2ccccc2C(F)(F)F)CC1. The normalized spacial score (nSPS) is 17.0. The average Bonchev–Trinajstić information content (AvgIpc) is 2.53. The van der Waals surface area contributed by atoms with Crippen LogP contribution in [-0.4, -0.2) is 44.1 Å². The first kappa shape index (κ1) is 21.5. The van der Waals surface area contributed by atoms with Crippen molar-refractivity contribution in [3.05, 3.63) is 29.8 Å². The van der Waals surface area contributed by atoms with E-state index in [4.69, 9.17) is 4.74 Å². The van der Waals surface area contributed by atoms with E-state index in [1.165, 1.54) is 11.0 Å². The van der Waals surface area contributed by atoms with Crippen molar-refractivity contribution in [1.29, 1.82) is 0 Å². The van der Waals surface area contributed by atoms with Gasteiger partial charge >= 0.3 is 12.3 Å². The minimum atomic E-state index is -4.77. The van der Waals surface area contributed by atoms with Crippen LogP contribution in [0.5, 0.6) is 0 Å². The summed E-state index contributed by atoms with van der Waals surface area (Å²) in [6.07, 6.45) is -4.70. The number of halogens is 3. The lowest BCUT2D eigenvalue weighted by molar-refractivity contribution is -0.139. The molecular formula is C17H23F3N2O4S. The molecular weight excluding hydrogens is 385 g/mol. The predicted molar refractivity (Wildman–Crippen MR) is 92.6 cm³/mol. The number of ether oxygens (including phenoxy) is 1. The van der Waals surface area contributed by atoms with Gasteiger partial charge in [0.05, 0.1) is 10.5 Å². The molecule has 1 aromatic carbocycles. The van der Waals surface area contributed by atoms with Crippen LogP contribution >= 0.6 is 0 Å². The smallest absolute Gasteiger partial charge is 0.417 e. The summed E-state index contributed by atoms with van der Waals surface area (Å²) in [5.41, 5.74) is -1.85. The van der Waals surface area contributed by atoms with E-state index in [0.717, 1.165) is 18.2 Å². The molecule has 1 aliphatic rings. The largest absolute Gasteiger partial charge is 0.444 e. The fourth-order valence-electron chi connectivity index (χ4n) is 2.72. The molecule has 0 saturated carbocycles. The third kappa shape index (κ3) is 5.83. The van der Waals surface area contributed by atoms with E-state index in [-0.39, 0.29) is 25.9 Å². The number of hydrogen-bond donors (Lipinski definition) is 1. The first-order chi connectivity index (χ1) is 12.3. The zero-order chi connectivity index (χ0) is 20.5. The topological polar surface area (TPSA) is 75.7 Å². The fourth-order valence-corrected chi connectivity index (χ4v) is 4.26. The molecule has 1 fully saturated rings. The molecule has 27 heavy (non-hydrogen) atoms. The van der Waals surface area contributed by atoms with Crippen LogP contribution in [0.1, 0.15) is 39.2 Å². The summed E-state index contributed by atoms with van der Waals surface area (Å²) in [6.45, 7) is 5.73. The van der Waals surface area contributed by atoms with E-state index < -0.39 is 44.4 Å². The maximum Gasteiger partial charge on any atom is 0.417 e. The lowest BCUT2D eigenvalue weighted by atomic mass is 10.1. The summed E-state index contributed by atoms with van der Waals surface area (Å²) in [6, 6.07) is 3.49.